The summed E-state index contributed by atoms with van der Waals surface area (Å²) in [5.74, 6) is 0. The highest BCUT2D eigenvalue weighted by molar-refractivity contribution is 7.99. The molecule has 0 aliphatic carbocycles. The molecular weight excluding hydrogens is 665 g/mol. The Balaban J connectivity index is 1.25. The number of hydrogen-bond acceptors (Lipinski definition) is 5. The Labute approximate surface area is 294 Å². The largest absolute Gasteiger partial charge is 0.289 e. The topological polar surface area (TPSA) is 34.1 Å². The van der Waals surface area contributed by atoms with Crippen LogP contribution in [0.1, 0.15) is 22.3 Å². The summed E-state index contributed by atoms with van der Waals surface area (Å²) in [6.45, 7) is 8.71. The maximum absolute atomic E-state index is 13.8. The number of fused-ring (bicyclic) bond motifs is 4. The smallest absolute Gasteiger partial charge is 0.196 e. The Bertz CT molecular complexity index is 2700. The molecule has 8 aromatic rings. The van der Waals surface area contributed by atoms with E-state index in [0.29, 0.717) is 0 Å². The van der Waals surface area contributed by atoms with Crippen molar-refractivity contribution in [2.45, 2.75) is 52.2 Å². The predicted molar refractivity (Wildman–Crippen MR) is 209 cm³/mol. The molecule has 6 heteroatoms. The van der Waals surface area contributed by atoms with E-state index in [2.05, 4.69) is 94.4 Å². The van der Waals surface area contributed by atoms with Gasteiger partial charge in [-0.25, -0.2) is 0 Å². The first-order valence-corrected chi connectivity index (χ1v) is 19.4. The van der Waals surface area contributed by atoms with Crippen LogP contribution in [0.3, 0.4) is 0 Å². The molecule has 0 aliphatic heterocycles. The summed E-state index contributed by atoms with van der Waals surface area (Å²) < 4.78 is 4.05. The van der Waals surface area contributed by atoms with Gasteiger partial charge in [0.25, 0.3) is 0 Å². The van der Waals surface area contributed by atoms with Gasteiger partial charge in [0.15, 0.2) is 25.5 Å². The minimum Gasteiger partial charge on any atom is -0.289 e. The fourth-order valence-electron chi connectivity index (χ4n) is 6.27. The summed E-state index contributed by atoms with van der Waals surface area (Å²) in [5, 5.41) is 3.11. The van der Waals surface area contributed by atoms with Gasteiger partial charge in [0.2, 0.25) is 0 Å². The molecule has 0 aliphatic rings. The maximum Gasteiger partial charge on any atom is 0.196 e. The molecule has 0 saturated carbocycles. The van der Waals surface area contributed by atoms with Crippen LogP contribution >= 0.6 is 34.4 Å². The van der Waals surface area contributed by atoms with Gasteiger partial charge in [0.05, 0.1) is 10.9 Å². The first-order valence-electron chi connectivity index (χ1n) is 15.8. The van der Waals surface area contributed by atoms with Crippen LogP contribution in [0.25, 0.3) is 40.3 Å². The molecule has 2 aromatic heterocycles. The SMILES string of the molecule is Cc1ccc(C)c([S+](c2ccc3sc4ccccc4c(=O)c3c2)c2cc(C)c(Sc3ccc4sc5ccccc5c(=O)c4c3)cc2C)c1. The van der Waals surface area contributed by atoms with E-state index < -0.39 is 10.9 Å². The summed E-state index contributed by atoms with van der Waals surface area (Å²) >= 11 is 5.05. The molecule has 0 fully saturated rings. The monoisotopic (exact) mass is 695 g/mol. The zero-order chi connectivity index (χ0) is 33.1. The minimum absolute atomic E-state index is 0.0908. The van der Waals surface area contributed by atoms with Crippen LogP contribution in [0.15, 0.2) is 149 Å². The molecule has 0 N–H and O–H groups in total. The molecule has 0 amide bonds. The normalized spacial score (nSPS) is 12.3. The third-order valence-corrected chi connectivity index (χ3v) is 14.8. The number of benzene rings is 6. The molecule has 6 aromatic carbocycles. The zero-order valence-corrected chi connectivity index (χ0v) is 30.2. The van der Waals surface area contributed by atoms with Crippen LogP contribution in [0, 0.1) is 27.7 Å². The average Bonchev–Trinajstić information content (AvgIpc) is 3.09. The lowest BCUT2D eigenvalue weighted by Gasteiger charge is -2.16. The lowest BCUT2D eigenvalue weighted by atomic mass is 10.2. The van der Waals surface area contributed by atoms with Crippen LogP contribution in [0.4, 0.5) is 0 Å². The highest BCUT2D eigenvalue weighted by Crippen LogP contribution is 2.41. The van der Waals surface area contributed by atoms with Crippen molar-refractivity contribution >= 4 is 85.7 Å². The Hall–Kier alpha value is -4.20. The quantitative estimate of drug-likeness (QED) is 0.133. The lowest BCUT2D eigenvalue weighted by molar-refractivity contribution is 1.15. The van der Waals surface area contributed by atoms with Crippen molar-refractivity contribution in [3.8, 4) is 0 Å². The zero-order valence-electron chi connectivity index (χ0n) is 26.9. The van der Waals surface area contributed by atoms with E-state index in [1.54, 1.807) is 34.4 Å². The van der Waals surface area contributed by atoms with Gasteiger partial charge >= 0.3 is 0 Å². The van der Waals surface area contributed by atoms with Crippen LogP contribution in [-0.4, -0.2) is 0 Å². The number of hydrogen-bond donors (Lipinski definition) is 0. The number of rotatable bonds is 5. The van der Waals surface area contributed by atoms with E-state index in [1.807, 2.05) is 48.5 Å². The molecule has 234 valence electrons. The molecule has 2 heterocycles. The summed E-state index contributed by atoms with van der Waals surface area (Å²) in [5.41, 5.74) is 5.03. The van der Waals surface area contributed by atoms with Crippen molar-refractivity contribution in [1.82, 2.24) is 0 Å². The van der Waals surface area contributed by atoms with Gasteiger partial charge in [0, 0.05) is 67.3 Å². The molecule has 2 nitrogen and oxygen atoms in total. The van der Waals surface area contributed by atoms with E-state index in [4.69, 9.17) is 0 Å². The molecular formula is C42H31O2S4+. The Morgan fingerprint density at radius 1 is 0.500 bits per heavy atom. The van der Waals surface area contributed by atoms with Gasteiger partial charge < -0.3 is 0 Å². The average molecular weight is 696 g/mol. The van der Waals surface area contributed by atoms with Gasteiger partial charge in [-0.05, 0) is 112 Å². The van der Waals surface area contributed by atoms with Crippen LogP contribution in [0.5, 0.6) is 0 Å². The van der Waals surface area contributed by atoms with E-state index in [9.17, 15) is 9.59 Å². The fourth-order valence-corrected chi connectivity index (χ4v) is 12.0. The summed E-state index contributed by atoms with van der Waals surface area (Å²) in [6.07, 6.45) is 0. The minimum atomic E-state index is -0.430. The number of aryl methyl sites for hydroxylation is 4. The van der Waals surface area contributed by atoms with E-state index >= 15 is 0 Å². The van der Waals surface area contributed by atoms with Gasteiger partial charge in [-0.2, -0.15) is 0 Å². The molecule has 1 atom stereocenters. The maximum atomic E-state index is 13.8. The molecule has 0 saturated heterocycles. The first-order chi connectivity index (χ1) is 23.2. The van der Waals surface area contributed by atoms with Crippen LogP contribution < -0.4 is 10.9 Å². The summed E-state index contributed by atoms with van der Waals surface area (Å²) in [7, 11) is -0.430. The van der Waals surface area contributed by atoms with Crippen molar-refractivity contribution in [3.63, 3.8) is 0 Å². The van der Waals surface area contributed by atoms with E-state index in [1.165, 1.54) is 36.9 Å². The van der Waals surface area contributed by atoms with Crippen molar-refractivity contribution in [3.05, 3.63) is 158 Å². The van der Waals surface area contributed by atoms with Crippen LogP contribution in [0.2, 0.25) is 0 Å². The predicted octanol–water partition coefficient (Wildman–Crippen LogP) is 11.6. The second kappa shape index (κ2) is 12.4. The van der Waals surface area contributed by atoms with Gasteiger partial charge in [-0.1, -0.05) is 48.2 Å². The van der Waals surface area contributed by atoms with Crippen LogP contribution in [-0.2, 0) is 10.9 Å². The van der Waals surface area contributed by atoms with Crippen molar-refractivity contribution in [2.75, 3.05) is 0 Å². The van der Waals surface area contributed by atoms with E-state index in [-0.39, 0.29) is 10.9 Å². The van der Waals surface area contributed by atoms with Gasteiger partial charge in [-0.15, -0.1) is 22.7 Å². The standard InChI is InChI=1S/C42H31O2S4/c1-24-13-14-25(2)39(19-24)48(29-16-18-37-33(23-29)42(44)31-10-6-8-12-35(31)47-37)40-21-26(3)38(20-27(40)4)45-28-15-17-36-32(22-28)41(43)30-9-5-7-11-34(30)46-36/h5-23H,1-4H3/q+1. The Morgan fingerprint density at radius 2 is 1.08 bits per heavy atom. The third kappa shape index (κ3) is 5.47. The fraction of sp³-hybridized carbons (Fsp3) is 0.0952. The third-order valence-electron chi connectivity index (χ3n) is 8.81. The molecule has 48 heavy (non-hydrogen) atoms. The lowest BCUT2D eigenvalue weighted by Crippen LogP contribution is -2.10. The first kappa shape index (κ1) is 31.1. The van der Waals surface area contributed by atoms with Crippen molar-refractivity contribution < 1.29 is 0 Å². The molecule has 0 bridgehead atoms. The summed E-state index contributed by atoms with van der Waals surface area (Å²) in [6, 6.07) is 39.8. The Kier molecular flexibility index (Phi) is 8.00. The molecule has 0 radical (unpaired) electrons. The summed E-state index contributed by atoms with van der Waals surface area (Å²) in [4.78, 5) is 33.1. The van der Waals surface area contributed by atoms with Crippen molar-refractivity contribution in [2.24, 2.45) is 0 Å². The second-order valence-electron chi connectivity index (χ2n) is 12.2. The molecule has 1 unspecified atom stereocenters. The highest BCUT2D eigenvalue weighted by atomic mass is 32.2. The Morgan fingerprint density at radius 3 is 1.77 bits per heavy atom. The van der Waals surface area contributed by atoms with Gasteiger partial charge in [-0.3, -0.25) is 9.59 Å². The highest BCUT2D eigenvalue weighted by Gasteiger charge is 2.33. The molecule has 8 rings (SSSR count). The van der Waals surface area contributed by atoms with E-state index in [0.717, 1.165) is 50.1 Å². The van der Waals surface area contributed by atoms with Gasteiger partial charge in [0.1, 0.15) is 0 Å². The second-order valence-corrected chi connectivity index (χ2v) is 17.5. The molecule has 0 spiro atoms. The van der Waals surface area contributed by atoms with Crippen molar-refractivity contribution in [1.29, 1.82) is 0 Å².